The van der Waals surface area contributed by atoms with E-state index in [9.17, 15) is 14.7 Å². The number of rotatable bonds is 3. The fourth-order valence-corrected chi connectivity index (χ4v) is 3.11. The number of hydrogen-bond acceptors (Lipinski definition) is 5. The summed E-state index contributed by atoms with van der Waals surface area (Å²) in [5.41, 5.74) is 0.928. The van der Waals surface area contributed by atoms with Gasteiger partial charge in [0.25, 0.3) is 5.91 Å². The molecule has 9 heteroatoms. The molecule has 2 heterocycles. The van der Waals surface area contributed by atoms with Crippen LogP contribution >= 0.6 is 24.0 Å². The van der Waals surface area contributed by atoms with E-state index < -0.39 is 12.1 Å². The maximum absolute atomic E-state index is 12.5. The van der Waals surface area contributed by atoms with Gasteiger partial charge in [0.1, 0.15) is 0 Å². The molecule has 2 unspecified atom stereocenters. The van der Waals surface area contributed by atoms with Gasteiger partial charge in [0.05, 0.1) is 35.9 Å². The van der Waals surface area contributed by atoms with E-state index >= 15 is 0 Å². The van der Waals surface area contributed by atoms with Crippen LogP contribution in [0.15, 0.2) is 18.2 Å². The zero-order valence-corrected chi connectivity index (χ0v) is 15.1. The number of nitrogens with one attached hydrogen (secondary N) is 2. The summed E-state index contributed by atoms with van der Waals surface area (Å²) in [5, 5.41) is 15.5. The van der Waals surface area contributed by atoms with Crippen LogP contribution in [-0.4, -0.2) is 66.8 Å². The summed E-state index contributed by atoms with van der Waals surface area (Å²) >= 11 is 6.22. The Bertz CT molecular complexity index is 638. The second-order valence-corrected chi connectivity index (χ2v) is 6.35. The zero-order chi connectivity index (χ0) is 17.1. The second kappa shape index (κ2) is 8.82. The monoisotopic (exact) mass is 389 g/mol. The first-order chi connectivity index (χ1) is 11.5. The van der Waals surface area contributed by atoms with Crippen LogP contribution in [0.2, 0.25) is 5.02 Å². The molecule has 2 amide bonds. The minimum atomic E-state index is -0.502. The third-order valence-electron chi connectivity index (χ3n) is 4.19. The van der Waals surface area contributed by atoms with Crippen LogP contribution in [-0.2, 0) is 9.53 Å². The van der Waals surface area contributed by atoms with Gasteiger partial charge in [0.15, 0.2) is 0 Å². The Balaban J connectivity index is 0.00000225. The predicted molar refractivity (Wildman–Crippen MR) is 96.5 cm³/mol. The number of β-amino-alcohol motifs (C(OH)–C–C–N with tert-alkyl or cyclic N) is 1. The predicted octanol–water partition coefficient (Wildman–Crippen LogP) is 0.895. The highest BCUT2D eigenvalue weighted by atomic mass is 35.5. The molecule has 0 aliphatic carbocycles. The molecule has 0 radical (unpaired) electrons. The van der Waals surface area contributed by atoms with Crippen molar-refractivity contribution < 1.29 is 19.4 Å². The number of aliphatic hydroxyl groups excluding tert-OH is 1. The van der Waals surface area contributed by atoms with Gasteiger partial charge in [-0.15, -0.1) is 12.4 Å². The lowest BCUT2D eigenvalue weighted by molar-refractivity contribution is -0.117. The van der Waals surface area contributed by atoms with Crippen molar-refractivity contribution in [1.29, 1.82) is 0 Å². The van der Waals surface area contributed by atoms with Crippen molar-refractivity contribution >= 4 is 41.5 Å². The van der Waals surface area contributed by atoms with Crippen LogP contribution in [0.1, 0.15) is 16.8 Å². The lowest BCUT2D eigenvalue weighted by atomic mass is 10.1. The molecule has 25 heavy (non-hydrogen) atoms. The summed E-state index contributed by atoms with van der Waals surface area (Å²) in [6, 6.07) is 4.42. The summed E-state index contributed by atoms with van der Waals surface area (Å²) in [5.74, 6) is -0.364. The highest BCUT2D eigenvalue weighted by molar-refractivity contribution is 6.34. The normalized spacial score (nSPS) is 23.0. The van der Waals surface area contributed by atoms with Crippen molar-refractivity contribution in [1.82, 2.24) is 10.2 Å². The first kappa shape index (κ1) is 19.9. The van der Waals surface area contributed by atoms with Gasteiger partial charge in [-0.05, 0) is 24.6 Å². The quantitative estimate of drug-likeness (QED) is 0.714. The molecule has 3 N–H and O–H groups in total. The first-order valence-electron chi connectivity index (χ1n) is 7.93. The van der Waals surface area contributed by atoms with E-state index in [0.717, 1.165) is 0 Å². The third kappa shape index (κ3) is 4.83. The number of amides is 2. The van der Waals surface area contributed by atoms with Crippen molar-refractivity contribution in [2.24, 2.45) is 0 Å². The summed E-state index contributed by atoms with van der Waals surface area (Å²) < 4.78 is 5.24. The van der Waals surface area contributed by atoms with Crippen molar-refractivity contribution in [3.8, 4) is 0 Å². The van der Waals surface area contributed by atoms with Crippen LogP contribution in [0.25, 0.3) is 0 Å². The van der Waals surface area contributed by atoms with E-state index in [-0.39, 0.29) is 24.2 Å². The molecule has 0 bridgehead atoms. The standard InChI is InChI=1S/C16H20ClN3O4.ClH/c17-13-7-10(19-15(22)14-8-11(21)9-18-14)1-2-12(13)16(23)20-3-5-24-6-4-20;/h1-2,7,11,14,18,21H,3-6,8-9H2,(H,19,22);1H. The first-order valence-corrected chi connectivity index (χ1v) is 8.31. The summed E-state index contributed by atoms with van der Waals surface area (Å²) in [6.45, 7) is 2.55. The van der Waals surface area contributed by atoms with Crippen LogP contribution < -0.4 is 10.6 Å². The fraction of sp³-hybridized carbons (Fsp3) is 0.500. The molecule has 2 atom stereocenters. The number of halogens is 2. The zero-order valence-electron chi connectivity index (χ0n) is 13.5. The summed E-state index contributed by atoms with van der Waals surface area (Å²) in [6.07, 6.45) is -0.120. The number of aliphatic hydroxyl groups is 1. The number of ether oxygens (including phenoxy) is 1. The fourth-order valence-electron chi connectivity index (χ4n) is 2.85. The highest BCUT2D eigenvalue weighted by Gasteiger charge is 2.28. The largest absolute Gasteiger partial charge is 0.392 e. The topological polar surface area (TPSA) is 90.9 Å². The Hall–Kier alpha value is -1.38. The van der Waals surface area contributed by atoms with Crippen LogP contribution in [0.4, 0.5) is 5.69 Å². The number of benzene rings is 1. The molecule has 138 valence electrons. The van der Waals surface area contributed by atoms with E-state index in [0.29, 0.717) is 55.5 Å². The molecule has 0 saturated carbocycles. The number of morpholine rings is 1. The Morgan fingerprint density at radius 1 is 1.32 bits per heavy atom. The second-order valence-electron chi connectivity index (χ2n) is 5.94. The minimum Gasteiger partial charge on any atom is -0.392 e. The van der Waals surface area contributed by atoms with Gasteiger partial charge >= 0.3 is 0 Å². The van der Waals surface area contributed by atoms with Crippen LogP contribution in [0.5, 0.6) is 0 Å². The molecule has 7 nitrogen and oxygen atoms in total. The summed E-state index contributed by atoms with van der Waals surface area (Å²) in [7, 11) is 0. The van der Waals surface area contributed by atoms with Gasteiger partial charge in [-0.25, -0.2) is 0 Å². The number of nitrogens with zero attached hydrogens (tertiary/aromatic N) is 1. The van der Waals surface area contributed by atoms with E-state index in [1.165, 1.54) is 0 Å². The number of carbonyl (C=O) groups excluding carboxylic acids is 2. The average molecular weight is 390 g/mol. The van der Waals surface area contributed by atoms with Crippen molar-refractivity contribution in [2.45, 2.75) is 18.6 Å². The molecule has 2 aliphatic rings. The smallest absolute Gasteiger partial charge is 0.255 e. The van der Waals surface area contributed by atoms with Crippen LogP contribution in [0.3, 0.4) is 0 Å². The van der Waals surface area contributed by atoms with Gasteiger partial charge < -0.3 is 25.4 Å². The van der Waals surface area contributed by atoms with Gasteiger partial charge in [-0.2, -0.15) is 0 Å². The van der Waals surface area contributed by atoms with Gasteiger partial charge in [-0.3, -0.25) is 9.59 Å². The van der Waals surface area contributed by atoms with E-state index in [1.807, 2.05) is 0 Å². The maximum atomic E-state index is 12.5. The third-order valence-corrected chi connectivity index (χ3v) is 4.50. The molecule has 1 aromatic carbocycles. The molecule has 0 aromatic heterocycles. The maximum Gasteiger partial charge on any atom is 0.255 e. The molecular formula is C16H21Cl2N3O4. The molecule has 2 saturated heterocycles. The Morgan fingerprint density at radius 2 is 2.04 bits per heavy atom. The van der Waals surface area contributed by atoms with Gasteiger partial charge in [0.2, 0.25) is 5.91 Å². The summed E-state index contributed by atoms with van der Waals surface area (Å²) in [4.78, 5) is 26.3. The molecule has 2 fully saturated rings. The van der Waals surface area contributed by atoms with Crippen LogP contribution in [0, 0.1) is 0 Å². The van der Waals surface area contributed by atoms with E-state index in [1.54, 1.807) is 23.1 Å². The van der Waals surface area contributed by atoms with Gasteiger partial charge in [0, 0.05) is 25.3 Å². The minimum absolute atomic E-state index is 0. The SMILES string of the molecule is Cl.O=C(Nc1ccc(C(=O)N2CCOCC2)c(Cl)c1)C1CC(O)CN1. The highest BCUT2D eigenvalue weighted by Crippen LogP contribution is 2.23. The van der Waals surface area contributed by atoms with Crippen molar-refractivity contribution in [2.75, 3.05) is 38.2 Å². The Labute approximate surface area is 157 Å². The van der Waals surface area contributed by atoms with Crippen molar-refractivity contribution in [3.05, 3.63) is 28.8 Å². The molecule has 1 aromatic rings. The number of anilines is 1. The molecule has 0 spiro atoms. The Kier molecular flexibility index (Phi) is 7.04. The lowest BCUT2D eigenvalue weighted by Gasteiger charge is -2.27. The van der Waals surface area contributed by atoms with E-state index in [2.05, 4.69) is 10.6 Å². The number of hydrogen-bond donors (Lipinski definition) is 3. The number of carbonyl (C=O) groups is 2. The average Bonchev–Trinajstić information content (AvgIpc) is 3.02. The van der Waals surface area contributed by atoms with E-state index in [4.69, 9.17) is 16.3 Å². The van der Waals surface area contributed by atoms with Gasteiger partial charge in [-0.1, -0.05) is 11.6 Å². The molecule has 2 aliphatic heterocycles. The lowest BCUT2D eigenvalue weighted by Crippen LogP contribution is -2.40. The molecular weight excluding hydrogens is 369 g/mol. The molecule has 3 rings (SSSR count). The Morgan fingerprint density at radius 3 is 2.64 bits per heavy atom. The van der Waals surface area contributed by atoms with Crippen molar-refractivity contribution in [3.63, 3.8) is 0 Å².